The van der Waals surface area contributed by atoms with Gasteiger partial charge in [0.05, 0.1) is 0 Å². The Bertz CT molecular complexity index is 203. The molecule has 1 amide bonds. The highest BCUT2D eigenvalue weighted by molar-refractivity contribution is 5.87. The Balaban J connectivity index is 2.37. The SMILES string of the molecule is CCN(CC)C(=O)C=C[C@@H]1CCCN1. The average Bonchev–Trinajstić information content (AvgIpc) is 2.69. The van der Waals surface area contributed by atoms with Gasteiger partial charge in [-0.1, -0.05) is 6.08 Å². The maximum atomic E-state index is 11.6. The van der Waals surface area contributed by atoms with Crippen molar-refractivity contribution in [3.05, 3.63) is 12.2 Å². The zero-order valence-corrected chi connectivity index (χ0v) is 9.12. The lowest BCUT2D eigenvalue weighted by atomic mass is 10.2. The van der Waals surface area contributed by atoms with E-state index < -0.39 is 0 Å². The molecule has 1 rings (SSSR count). The summed E-state index contributed by atoms with van der Waals surface area (Å²) in [4.78, 5) is 13.4. The predicted molar refractivity (Wildman–Crippen MR) is 58.1 cm³/mol. The molecule has 0 aliphatic carbocycles. The van der Waals surface area contributed by atoms with Crippen LogP contribution in [0.4, 0.5) is 0 Å². The van der Waals surface area contributed by atoms with Crippen LogP contribution in [0.15, 0.2) is 12.2 Å². The summed E-state index contributed by atoms with van der Waals surface area (Å²) in [6.45, 7) is 6.66. The van der Waals surface area contributed by atoms with Crippen LogP contribution < -0.4 is 5.32 Å². The molecule has 1 fully saturated rings. The molecule has 1 atom stereocenters. The van der Waals surface area contributed by atoms with Gasteiger partial charge in [0.2, 0.25) is 5.91 Å². The van der Waals surface area contributed by atoms with Gasteiger partial charge < -0.3 is 10.2 Å². The van der Waals surface area contributed by atoms with Gasteiger partial charge in [0, 0.05) is 25.2 Å². The zero-order chi connectivity index (χ0) is 10.4. The summed E-state index contributed by atoms with van der Waals surface area (Å²) in [5.41, 5.74) is 0. The van der Waals surface area contributed by atoms with Crippen LogP contribution in [0.5, 0.6) is 0 Å². The van der Waals surface area contributed by atoms with Gasteiger partial charge in [-0.05, 0) is 33.2 Å². The van der Waals surface area contributed by atoms with Crippen molar-refractivity contribution < 1.29 is 4.79 Å². The first-order chi connectivity index (χ1) is 6.77. The summed E-state index contributed by atoms with van der Waals surface area (Å²) in [6.07, 6.45) is 6.07. The third-order valence-electron chi connectivity index (χ3n) is 2.64. The van der Waals surface area contributed by atoms with E-state index in [1.54, 1.807) is 6.08 Å². The van der Waals surface area contributed by atoms with Crippen molar-refractivity contribution in [2.75, 3.05) is 19.6 Å². The normalized spacial score (nSPS) is 21.7. The fourth-order valence-corrected chi connectivity index (χ4v) is 1.71. The van der Waals surface area contributed by atoms with Gasteiger partial charge in [-0.25, -0.2) is 0 Å². The van der Waals surface area contributed by atoms with Crippen LogP contribution in [0.3, 0.4) is 0 Å². The van der Waals surface area contributed by atoms with E-state index in [-0.39, 0.29) is 5.91 Å². The van der Waals surface area contributed by atoms with E-state index in [9.17, 15) is 4.79 Å². The van der Waals surface area contributed by atoms with E-state index in [0.717, 1.165) is 26.1 Å². The molecule has 1 aliphatic heterocycles. The number of nitrogens with one attached hydrogen (secondary N) is 1. The number of rotatable bonds is 4. The molecule has 1 saturated heterocycles. The second-order valence-corrected chi connectivity index (χ2v) is 3.57. The topological polar surface area (TPSA) is 32.3 Å². The maximum absolute atomic E-state index is 11.6. The summed E-state index contributed by atoms with van der Waals surface area (Å²) >= 11 is 0. The predicted octanol–water partition coefficient (Wildman–Crippen LogP) is 1.16. The summed E-state index contributed by atoms with van der Waals surface area (Å²) in [5.74, 6) is 0.128. The molecular weight excluding hydrogens is 176 g/mol. The number of carbonyl (C=O) groups is 1. The lowest BCUT2D eigenvalue weighted by Gasteiger charge is -2.16. The minimum atomic E-state index is 0.128. The molecule has 0 aromatic carbocycles. The Hall–Kier alpha value is -0.830. The quantitative estimate of drug-likeness (QED) is 0.684. The highest BCUT2D eigenvalue weighted by atomic mass is 16.2. The van der Waals surface area contributed by atoms with Gasteiger partial charge in [0.1, 0.15) is 0 Å². The van der Waals surface area contributed by atoms with Crippen LogP contribution in [0.25, 0.3) is 0 Å². The highest BCUT2D eigenvalue weighted by Crippen LogP contribution is 2.06. The van der Waals surface area contributed by atoms with E-state index in [0.29, 0.717) is 6.04 Å². The van der Waals surface area contributed by atoms with Crippen LogP contribution >= 0.6 is 0 Å². The minimum absolute atomic E-state index is 0.128. The molecule has 3 nitrogen and oxygen atoms in total. The zero-order valence-electron chi connectivity index (χ0n) is 9.12. The fourth-order valence-electron chi connectivity index (χ4n) is 1.71. The third kappa shape index (κ3) is 3.14. The molecular formula is C11H20N2O. The maximum Gasteiger partial charge on any atom is 0.246 e. The molecule has 0 spiro atoms. The second-order valence-electron chi connectivity index (χ2n) is 3.57. The smallest absolute Gasteiger partial charge is 0.246 e. The van der Waals surface area contributed by atoms with E-state index in [1.807, 2.05) is 24.8 Å². The standard InChI is InChI=1S/C11H20N2O/c1-3-13(4-2)11(14)8-7-10-6-5-9-12-10/h7-8,10,12H,3-6,9H2,1-2H3/t10-/m0/s1. The van der Waals surface area contributed by atoms with Crippen molar-refractivity contribution in [2.24, 2.45) is 0 Å². The number of likely N-dealkylation sites (N-methyl/N-ethyl adjacent to an activating group) is 1. The molecule has 0 aromatic rings. The monoisotopic (exact) mass is 196 g/mol. The molecule has 1 heterocycles. The Morgan fingerprint density at radius 3 is 2.71 bits per heavy atom. The Morgan fingerprint density at radius 2 is 2.21 bits per heavy atom. The fraction of sp³-hybridized carbons (Fsp3) is 0.727. The van der Waals surface area contributed by atoms with Gasteiger partial charge in [0.25, 0.3) is 0 Å². The van der Waals surface area contributed by atoms with Gasteiger partial charge in [-0.2, -0.15) is 0 Å². The molecule has 80 valence electrons. The Labute approximate surface area is 86.2 Å². The largest absolute Gasteiger partial charge is 0.340 e. The summed E-state index contributed by atoms with van der Waals surface area (Å²) < 4.78 is 0. The Kier molecular flexibility index (Phi) is 4.66. The molecule has 0 bridgehead atoms. The van der Waals surface area contributed by atoms with Gasteiger partial charge in [0.15, 0.2) is 0 Å². The molecule has 14 heavy (non-hydrogen) atoms. The molecule has 0 saturated carbocycles. The van der Waals surface area contributed by atoms with E-state index in [2.05, 4.69) is 5.32 Å². The van der Waals surface area contributed by atoms with Crippen molar-refractivity contribution in [1.29, 1.82) is 0 Å². The van der Waals surface area contributed by atoms with Crippen molar-refractivity contribution in [3.8, 4) is 0 Å². The van der Waals surface area contributed by atoms with Gasteiger partial charge >= 0.3 is 0 Å². The minimum Gasteiger partial charge on any atom is -0.340 e. The average molecular weight is 196 g/mol. The number of nitrogens with zero attached hydrogens (tertiary/aromatic N) is 1. The highest BCUT2D eigenvalue weighted by Gasteiger charge is 2.11. The number of hydrogen-bond acceptors (Lipinski definition) is 2. The van der Waals surface area contributed by atoms with Crippen LogP contribution in [0.1, 0.15) is 26.7 Å². The first kappa shape index (κ1) is 11.2. The second kappa shape index (κ2) is 5.81. The third-order valence-corrected chi connectivity index (χ3v) is 2.64. The Morgan fingerprint density at radius 1 is 1.50 bits per heavy atom. The van der Waals surface area contributed by atoms with E-state index in [1.165, 1.54) is 6.42 Å². The first-order valence-electron chi connectivity index (χ1n) is 5.48. The molecule has 0 aromatic heterocycles. The molecule has 0 radical (unpaired) electrons. The van der Waals surface area contributed by atoms with Gasteiger partial charge in [-0.15, -0.1) is 0 Å². The van der Waals surface area contributed by atoms with Crippen molar-refractivity contribution in [2.45, 2.75) is 32.7 Å². The number of hydrogen-bond donors (Lipinski definition) is 1. The van der Waals surface area contributed by atoms with Crippen LogP contribution in [-0.2, 0) is 4.79 Å². The van der Waals surface area contributed by atoms with E-state index >= 15 is 0 Å². The molecule has 1 N–H and O–H groups in total. The molecule has 1 aliphatic rings. The molecule has 0 unspecified atom stereocenters. The lowest BCUT2D eigenvalue weighted by molar-refractivity contribution is -0.125. The first-order valence-corrected chi connectivity index (χ1v) is 5.48. The summed E-state index contributed by atoms with van der Waals surface area (Å²) in [6, 6.07) is 0.412. The van der Waals surface area contributed by atoms with E-state index in [4.69, 9.17) is 0 Å². The van der Waals surface area contributed by atoms with Crippen molar-refractivity contribution in [1.82, 2.24) is 10.2 Å². The van der Waals surface area contributed by atoms with Crippen molar-refractivity contribution >= 4 is 5.91 Å². The number of amides is 1. The van der Waals surface area contributed by atoms with Gasteiger partial charge in [-0.3, -0.25) is 4.79 Å². The van der Waals surface area contributed by atoms with Crippen LogP contribution in [0.2, 0.25) is 0 Å². The number of carbonyl (C=O) groups excluding carboxylic acids is 1. The summed E-state index contributed by atoms with van der Waals surface area (Å²) in [5, 5.41) is 3.33. The van der Waals surface area contributed by atoms with Crippen LogP contribution in [0, 0.1) is 0 Å². The molecule has 3 heteroatoms. The van der Waals surface area contributed by atoms with Crippen molar-refractivity contribution in [3.63, 3.8) is 0 Å². The summed E-state index contributed by atoms with van der Waals surface area (Å²) in [7, 11) is 0. The van der Waals surface area contributed by atoms with Crippen LogP contribution in [-0.4, -0.2) is 36.5 Å². The lowest BCUT2D eigenvalue weighted by Crippen LogP contribution is -2.29.